The summed E-state index contributed by atoms with van der Waals surface area (Å²) >= 11 is 0. The van der Waals surface area contributed by atoms with Crippen LogP contribution in [0.25, 0.3) is 0 Å². The van der Waals surface area contributed by atoms with Crippen molar-refractivity contribution in [3.63, 3.8) is 0 Å². The largest absolute Gasteiger partial charge is 0.399 e. The predicted octanol–water partition coefficient (Wildman–Crippen LogP) is 3.04. The van der Waals surface area contributed by atoms with E-state index in [-0.39, 0.29) is 30.7 Å². The van der Waals surface area contributed by atoms with E-state index < -0.39 is 0 Å². The molecule has 0 bridgehead atoms. The number of aromatic nitrogens is 1. The molecule has 1 aromatic carbocycles. The first kappa shape index (κ1) is 20.1. The van der Waals surface area contributed by atoms with E-state index in [0.717, 1.165) is 24.5 Å². The lowest BCUT2D eigenvalue weighted by Crippen LogP contribution is -2.23. The molecule has 2 aromatic rings. The zero-order chi connectivity index (χ0) is 15.4. The number of carbonyl (C=O) groups is 1. The molecule has 1 amide bonds. The fourth-order valence-electron chi connectivity index (χ4n) is 2.62. The number of benzene rings is 1. The molecule has 130 valence electrons. The van der Waals surface area contributed by atoms with Gasteiger partial charge in [-0.05, 0) is 42.7 Å². The first-order valence-corrected chi connectivity index (χ1v) is 7.56. The van der Waals surface area contributed by atoms with Gasteiger partial charge in [0.05, 0.1) is 0 Å². The average Bonchev–Trinajstić information content (AvgIpc) is 3.07. The number of carbonyl (C=O) groups excluding carboxylic acids is 1. The third-order valence-corrected chi connectivity index (χ3v) is 3.84. The zero-order valence-electron chi connectivity index (χ0n) is 13.3. The number of amides is 1. The molecule has 0 radical (unpaired) electrons. The van der Waals surface area contributed by atoms with E-state index in [9.17, 15) is 4.79 Å². The minimum atomic E-state index is -0.129. The standard InChI is InChI=1S/C17H20N4O.2ClH/c18-15-5-3-4-14(10-15)17(22)20-12-13-6-7-16(19-11-13)21-8-1-2-9-21;;/h3-7,10-11H,1-2,8-9,12,18H2,(H,20,22);2*1H. The maximum Gasteiger partial charge on any atom is 0.251 e. The highest BCUT2D eigenvalue weighted by atomic mass is 35.5. The van der Waals surface area contributed by atoms with Crippen molar-refractivity contribution in [3.8, 4) is 0 Å². The maximum absolute atomic E-state index is 12.1. The van der Waals surface area contributed by atoms with Crippen LogP contribution in [0.3, 0.4) is 0 Å². The van der Waals surface area contributed by atoms with Gasteiger partial charge in [0.25, 0.3) is 5.91 Å². The minimum absolute atomic E-state index is 0. The van der Waals surface area contributed by atoms with Crippen molar-refractivity contribution in [1.29, 1.82) is 0 Å². The molecule has 1 fully saturated rings. The normalized spacial score (nSPS) is 12.9. The highest BCUT2D eigenvalue weighted by Gasteiger charge is 2.13. The Balaban J connectivity index is 0.00000144. The predicted molar refractivity (Wildman–Crippen MR) is 102 cm³/mol. The lowest BCUT2D eigenvalue weighted by atomic mass is 10.2. The number of rotatable bonds is 4. The van der Waals surface area contributed by atoms with Crippen molar-refractivity contribution in [1.82, 2.24) is 10.3 Å². The van der Waals surface area contributed by atoms with Gasteiger partial charge < -0.3 is 16.0 Å². The van der Waals surface area contributed by atoms with E-state index in [1.807, 2.05) is 18.3 Å². The second-order valence-electron chi connectivity index (χ2n) is 5.53. The van der Waals surface area contributed by atoms with Crippen LogP contribution in [0, 0.1) is 0 Å². The lowest BCUT2D eigenvalue weighted by molar-refractivity contribution is 0.0951. The number of anilines is 2. The summed E-state index contributed by atoms with van der Waals surface area (Å²) in [7, 11) is 0. The van der Waals surface area contributed by atoms with Crippen molar-refractivity contribution >= 4 is 42.2 Å². The van der Waals surface area contributed by atoms with Crippen LogP contribution in [0.5, 0.6) is 0 Å². The van der Waals surface area contributed by atoms with Crippen molar-refractivity contribution in [2.24, 2.45) is 0 Å². The minimum Gasteiger partial charge on any atom is -0.399 e. The Morgan fingerprint density at radius 3 is 2.54 bits per heavy atom. The summed E-state index contributed by atoms with van der Waals surface area (Å²) in [6.45, 7) is 2.62. The molecule has 0 aliphatic carbocycles. The monoisotopic (exact) mass is 368 g/mol. The lowest BCUT2D eigenvalue weighted by Gasteiger charge is -2.16. The van der Waals surface area contributed by atoms with Gasteiger partial charge >= 0.3 is 0 Å². The Bertz CT molecular complexity index is 658. The quantitative estimate of drug-likeness (QED) is 0.813. The van der Waals surface area contributed by atoms with E-state index in [1.165, 1.54) is 12.8 Å². The molecule has 5 nitrogen and oxygen atoms in total. The van der Waals surface area contributed by atoms with Gasteiger partial charge in [-0.25, -0.2) is 4.98 Å². The molecule has 1 aliphatic rings. The summed E-state index contributed by atoms with van der Waals surface area (Å²) in [4.78, 5) is 18.8. The Kier molecular flexibility index (Phi) is 7.82. The SMILES string of the molecule is Cl.Cl.Nc1cccc(C(=O)NCc2ccc(N3CCCC3)nc2)c1. The molecule has 24 heavy (non-hydrogen) atoms. The van der Waals surface area contributed by atoms with Gasteiger partial charge in [0.1, 0.15) is 5.82 Å². The first-order valence-electron chi connectivity index (χ1n) is 7.56. The molecule has 2 heterocycles. The van der Waals surface area contributed by atoms with E-state index in [4.69, 9.17) is 5.73 Å². The van der Waals surface area contributed by atoms with Crippen molar-refractivity contribution in [2.75, 3.05) is 23.7 Å². The summed E-state index contributed by atoms with van der Waals surface area (Å²) in [5.41, 5.74) is 7.83. The Labute approximate surface area is 154 Å². The van der Waals surface area contributed by atoms with E-state index in [0.29, 0.717) is 17.8 Å². The fourth-order valence-corrected chi connectivity index (χ4v) is 2.62. The molecule has 3 N–H and O–H groups in total. The molecule has 0 unspecified atom stereocenters. The van der Waals surface area contributed by atoms with Crippen molar-refractivity contribution < 1.29 is 4.79 Å². The summed E-state index contributed by atoms with van der Waals surface area (Å²) in [6, 6.07) is 11.0. The molecule has 3 rings (SSSR count). The van der Waals surface area contributed by atoms with Gasteiger partial charge in [0, 0.05) is 37.1 Å². The van der Waals surface area contributed by atoms with Crippen LogP contribution in [0.1, 0.15) is 28.8 Å². The fraction of sp³-hybridized carbons (Fsp3) is 0.294. The molecule has 1 aliphatic heterocycles. The number of nitrogens with zero attached hydrogens (tertiary/aromatic N) is 2. The number of hydrogen-bond donors (Lipinski definition) is 2. The zero-order valence-corrected chi connectivity index (χ0v) is 14.9. The van der Waals surface area contributed by atoms with Crippen molar-refractivity contribution in [3.05, 3.63) is 53.7 Å². The number of hydrogen-bond acceptors (Lipinski definition) is 4. The molecule has 1 saturated heterocycles. The molecule has 0 saturated carbocycles. The third kappa shape index (κ3) is 5.01. The van der Waals surface area contributed by atoms with Crippen LogP contribution in [0.15, 0.2) is 42.6 Å². The van der Waals surface area contributed by atoms with Gasteiger partial charge in [0.2, 0.25) is 0 Å². The van der Waals surface area contributed by atoms with E-state index in [2.05, 4.69) is 15.2 Å². The summed E-state index contributed by atoms with van der Waals surface area (Å²) in [6.07, 6.45) is 4.30. The van der Waals surface area contributed by atoms with Gasteiger partial charge in [0.15, 0.2) is 0 Å². The molecule has 7 heteroatoms. The number of pyridine rings is 1. The van der Waals surface area contributed by atoms with Crippen LogP contribution in [0.2, 0.25) is 0 Å². The van der Waals surface area contributed by atoms with Gasteiger partial charge in [-0.2, -0.15) is 0 Å². The van der Waals surface area contributed by atoms with E-state index in [1.54, 1.807) is 24.3 Å². The number of halogens is 2. The van der Waals surface area contributed by atoms with Crippen LogP contribution >= 0.6 is 24.8 Å². The second kappa shape index (κ2) is 9.35. The average molecular weight is 369 g/mol. The number of nitrogens with one attached hydrogen (secondary N) is 1. The smallest absolute Gasteiger partial charge is 0.251 e. The summed E-state index contributed by atoms with van der Waals surface area (Å²) in [5.74, 6) is 0.888. The first-order chi connectivity index (χ1) is 10.7. The van der Waals surface area contributed by atoms with Gasteiger partial charge in [-0.1, -0.05) is 12.1 Å². The molecule has 0 spiro atoms. The number of nitrogen functional groups attached to an aromatic ring is 1. The Morgan fingerprint density at radius 2 is 1.92 bits per heavy atom. The van der Waals surface area contributed by atoms with Gasteiger partial charge in [-0.15, -0.1) is 24.8 Å². The Hall–Kier alpha value is -1.98. The number of nitrogens with two attached hydrogens (primary N) is 1. The molecular formula is C17H22Cl2N4O. The van der Waals surface area contributed by atoms with Gasteiger partial charge in [-0.3, -0.25) is 4.79 Å². The highest BCUT2D eigenvalue weighted by molar-refractivity contribution is 5.94. The third-order valence-electron chi connectivity index (χ3n) is 3.84. The summed E-state index contributed by atoms with van der Waals surface area (Å²) < 4.78 is 0. The summed E-state index contributed by atoms with van der Waals surface area (Å²) in [5, 5.41) is 2.88. The van der Waals surface area contributed by atoms with E-state index >= 15 is 0 Å². The molecule has 0 atom stereocenters. The molecule has 1 aromatic heterocycles. The van der Waals surface area contributed by atoms with Crippen LogP contribution < -0.4 is 16.0 Å². The highest BCUT2D eigenvalue weighted by Crippen LogP contribution is 2.17. The van der Waals surface area contributed by atoms with Crippen LogP contribution in [0.4, 0.5) is 11.5 Å². The van der Waals surface area contributed by atoms with Crippen LogP contribution in [-0.4, -0.2) is 24.0 Å². The Morgan fingerprint density at radius 1 is 1.17 bits per heavy atom. The molecular weight excluding hydrogens is 347 g/mol. The maximum atomic E-state index is 12.1. The van der Waals surface area contributed by atoms with Crippen LogP contribution in [-0.2, 0) is 6.54 Å². The topological polar surface area (TPSA) is 71.2 Å². The van der Waals surface area contributed by atoms with Crippen molar-refractivity contribution in [2.45, 2.75) is 19.4 Å². The second-order valence-corrected chi connectivity index (χ2v) is 5.53.